The predicted molar refractivity (Wildman–Crippen MR) is 61.9 cm³/mol. The zero-order chi connectivity index (χ0) is 11.1. The third kappa shape index (κ3) is 3.51. The van der Waals surface area contributed by atoms with Gasteiger partial charge in [-0.05, 0) is 13.0 Å². The van der Waals surface area contributed by atoms with E-state index in [-0.39, 0.29) is 0 Å². The highest BCUT2D eigenvalue weighted by Gasteiger charge is 1.92. The summed E-state index contributed by atoms with van der Waals surface area (Å²) >= 11 is 0. The summed E-state index contributed by atoms with van der Waals surface area (Å²) in [5, 5.41) is 3.40. The van der Waals surface area contributed by atoms with Gasteiger partial charge in [-0.2, -0.15) is 0 Å². The van der Waals surface area contributed by atoms with Crippen LogP contribution in [0.2, 0.25) is 0 Å². The quantitative estimate of drug-likeness (QED) is 0.699. The number of hydrogen-bond donors (Lipinski definition) is 1. The highest BCUT2D eigenvalue weighted by atomic mass is 15.0. The number of nitrogens with one attached hydrogen (secondary N) is 1. The second kappa shape index (κ2) is 6.07. The van der Waals surface area contributed by atoms with E-state index in [9.17, 15) is 0 Å². The molecular weight excluding hydrogens is 202 g/mol. The SMILES string of the molecule is c1cn(CCCNCCn2ccnc2)cn1. The second-order valence-corrected chi connectivity index (χ2v) is 3.70. The van der Waals surface area contributed by atoms with Crippen molar-refractivity contribution in [2.75, 3.05) is 13.1 Å². The third-order valence-electron chi connectivity index (χ3n) is 2.44. The molecule has 2 rings (SSSR count). The minimum atomic E-state index is 0.977. The lowest BCUT2D eigenvalue weighted by molar-refractivity contribution is 0.550. The van der Waals surface area contributed by atoms with Crippen molar-refractivity contribution in [1.82, 2.24) is 24.4 Å². The van der Waals surface area contributed by atoms with Crippen LogP contribution < -0.4 is 5.32 Å². The van der Waals surface area contributed by atoms with Crippen LogP contribution in [0.5, 0.6) is 0 Å². The van der Waals surface area contributed by atoms with Crippen LogP contribution in [0.4, 0.5) is 0 Å². The summed E-state index contributed by atoms with van der Waals surface area (Å²) in [7, 11) is 0. The van der Waals surface area contributed by atoms with E-state index in [4.69, 9.17) is 0 Å². The van der Waals surface area contributed by atoms with Crippen LogP contribution in [0, 0.1) is 0 Å². The molecule has 0 aliphatic carbocycles. The molecule has 5 nitrogen and oxygen atoms in total. The second-order valence-electron chi connectivity index (χ2n) is 3.70. The Morgan fingerprint density at radius 3 is 2.19 bits per heavy atom. The predicted octanol–water partition coefficient (Wildman–Crippen LogP) is 0.759. The van der Waals surface area contributed by atoms with Crippen molar-refractivity contribution in [2.45, 2.75) is 19.5 Å². The summed E-state index contributed by atoms with van der Waals surface area (Å²) in [5.74, 6) is 0. The van der Waals surface area contributed by atoms with Crippen molar-refractivity contribution in [2.24, 2.45) is 0 Å². The van der Waals surface area contributed by atoms with E-state index in [1.807, 2.05) is 31.2 Å². The lowest BCUT2D eigenvalue weighted by atomic mass is 10.4. The van der Waals surface area contributed by atoms with Gasteiger partial charge in [0.25, 0.3) is 0 Å². The summed E-state index contributed by atoms with van der Waals surface area (Å²) < 4.78 is 4.17. The van der Waals surface area contributed by atoms with Crippen LogP contribution in [-0.2, 0) is 13.1 Å². The van der Waals surface area contributed by atoms with E-state index in [1.54, 1.807) is 6.20 Å². The van der Waals surface area contributed by atoms with Gasteiger partial charge in [-0.3, -0.25) is 0 Å². The molecule has 16 heavy (non-hydrogen) atoms. The summed E-state index contributed by atoms with van der Waals surface area (Å²) in [4.78, 5) is 8.00. The first-order valence-electron chi connectivity index (χ1n) is 5.57. The summed E-state index contributed by atoms with van der Waals surface area (Å²) in [6.45, 7) is 4.02. The number of aromatic nitrogens is 4. The van der Waals surface area contributed by atoms with E-state index in [2.05, 4.69) is 24.4 Å². The number of imidazole rings is 2. The van der Waals surface area contributed by atoms with E-state index in [0.29, 0.717) is 0 Å². The Hall–Kier alpha value is -1.62. The van der Waals surface area contributed by atoms with Gasteiger partial charge in [-0.1, -0.05) is 0 Å². The molecule has 1 N–H and O–H groups in total. The van der Waals surface area contributed by atoms with Crippen LogP contribution in [0.15, 0.2) is 37.4 Å². The van der Waals surface area contributed by atoms with Crippen LogP contribution in [0.1, 0.15) is 6.42 Å². The van der Waals surface area contributed by atoms with E-state index >= 15 is 0 Å². The zero-order valence-corrected chi connectivity index (χ0v) is 9.29. The Morgan fingerprint density at radius 1 is 0.875 bits per heavy atom. The van der Waals surface area contributed by atoms with E-state index in [1.165, 1.54) is 0 Å². The van der Waals surface area contributed by atoms with Crippen LogP contribution in [0.25, 0.3) is 0 Å². The first-order valence-corrected chi connectivity index (χ1v) is 5.57. The molecule has 0 radical (unpaired) electrons. The smallest absolute Gasteiger partial charge is 0.0946 e. The summed E-state index contributed by atoms with van der Waals surface area (Å²) in [6, 6.07) is 0. The molecule has 0 spiro atoms. The van der Waals surface area contributed by atoms with Gasteiger partial charge in [0.2, 0.25) is 0 Å². The molecule has 0 aliphatic rings. The molecule has 0 saturated carbocycles. The normalized spacial score (nSPS) is 10.8. The number of aryl methyl sites for hydroxylation is 1. The van der Waals surface area contributed by atoms with Crippen molar-refractivity contribution in [3.8, 4) is 0 Å². The maximum atomic E-state index is 4.00. The Morgan fingerprint density at radius 2 is 1.56 bits per heavy atom. The van der Waals surface area contributed by atoms with Gasteiger partial charge in [-0.15, -0.1) is 0 Å². The number of hydrogen-bond acceptors (Lipinski definition) is 3. The van der Waals surface area contributed by atoms with Gasteiger partial charge in [-0.25, -0.2) is 9.97 Å². The highest BCUT2D eigenvalue weighted by molar-refractivity contribution is 4.75. The molecular formula is C11H17N5. The average molecular weight is 219 g/mol. The molecule has 2 heterocycles. The van der Waals surface area contributed by atoms with Gasteiger partial charge in [0.1, 0.15) is 0 Å². The molecule has 0 bridgehead atoms. The molecule has 0 aliphatic heterocycles. The summed E-state index contributed by atoms with van der Waals surface area (Å²) in [5.41, 5.74) is 0. The maximum absolute atomic E-state index is 4.00. The van der Waals surface area contributed by atoms with Crippen molar-refractivity contribution < 1.29 is 0 Å². The number of nitrogens with zero attached hydrogens (tertiary/aromatic N) is 4. The molecule has 2 aromatic heterocycles. The minimum Gasteiger partial charge on any atom is -0.337 e. The molecule has 0 fully saturated rings. The molecule has 0 aromatic carbocycles. The molecule has 0 saturated heterocycles. The molecule has 0 unspecified atom stereocenters. The monoisotopic (exact) mass is 219 g/mol. The van der Waals surface area contributed by atoms with Crippen molar-refractivity contribution in [1.29, 1.82) is 0 Å². The molecule has 2 aromatic rings. The topological polar surface area (TPSA) is 47.7 Å². The third-order valence-corrected chi connectivity index (χ3v) is 2.44. The number of rotatable bonds is 7. The van der Waals surface area contributed by atoms with Crippen LogP contribution >= 0.6 is 0 Å². The maximum Gasteiger partial charge on any atom is 0.0946 e. The van der Waals surface area contributed by atoms with Gasteiger partial charge >= 0.3 is 0 Å². The van der Waals surface area contributed by atoms with Crippen molar-refractivity contribution in [3.05, 3.63) is 37.4 Å². The molecule has 0 amide bonds. The molecule has 5 heteroatoms. The first-order chi connectivity index (χ1) is 7.95. The van der Waals surface area contributed by atoms with Crippen LogP contribution in [0.3, 0.4) is 0 Å². The van der Waals surface area contributed by atoms with Crippen molar-refractivity contribution >= 4 is 0 Å². The fourth-order valence-electron chi connectivity index (χ4n) is 1.56. The highest BCUT2D eigenvalue weighted by Crippen LogP contribution is 1.89. The lowest BCUT2D eigenvalue weighted by Crippen LogP contribution is -2.21. The fourth-order valence-corrected chi connectivity index (χ4v) is 1.56. The van der Waals surface area contributed by atoms with E-state index in [0.717, 1.165) is 32.6 Å². The lowest BCUT2D eigenvalue weighted by Gasteiger charge is -2.05. The van der Waals surface area contributed by atoms with Gasteiger partial charge < -0.3 is 14.5 Å². The Bertz CT molecular complexity index is 327. The summed E-state index contributed by atoms with van der Waals surface area (Å²) in [6.07, 6.45) is 12.4. The minimum absolute atomic E-state index is 0.977. The Labute approximate surface area is 95.1 Å². The van der Waals surface area contributed by atoms with Gasteiger partial charge in [0.15, 0.2) is 0 Å². The zero-order valence-electron chi connectivity index (χ0n) is 9.29. The standard InChI is InChI=1S/C11H17N5/c1(6-15-8-4-13-10-15)2-12-3-7-16-9-5-14-11-16/h4-5,8-12H,1-3,6-7H2. The first kappa shape index (κ1) is 10.9. The van der Waals surface area contributed by atoms with Crippen LogP contribution in [-0.4, -0.2) is 32.2 Å². The van der Waals surface area contributed by atoms with E-state index < -0.39 is 0 Å². The van der Waals surface area contributed by atoms with Gasteiger partial charge in [0.05, 0.1) is 12.7 Å². The molecule has 0 atom stereocenters. The van der Waals surface area contributed by atoms with Crippen molar-refractivity contribution in [3.63, 3.8) is 0 Å². The Kier molecular flexibility index (Phi) is 4.13. The average Bonchev–Trinajstić information content (AvgIpc) is 2.96. The fraction of sp³-hybridized carbons (Fsp3) is 0.455. The Balaban J connectivity index is 1.49. The largest absolute Gasteiger partial charge is 0.337 e. The van der Waals surface area contributed by atoms with Gasteiger partial charge in [0, 0.05) is 44.4 Å². The molecule has 86 valence electrons.